The first kappa shape index (κ1) is 24.5. The summed E-state index contributed by atoms with van der Waals surface area (Å²) in [6.07, 6.45) is 1.33. The highest BCUT2D eigenvalue weighted by Gasteiger charge is 2.49. The fraction of sp³-hybridized carbons (Fsp3) is 0.480. The van der Waals surface area contributed by atoms with E-state index in [-0.39, 0.29) is 24.2 Å². The Morgan fingerprint density at radius 1 is 1.03 bits per heavy atom. The van der Waals surface area contributed by atoms with Gasteiger partial charge in [0, 0.05) is 16.1 Å². The predicted octanol–water partition coefficient (Wildman–Crippen LogP) is 5.63. The van der Waals surface area contributed by atoms with Gasteiger partial charge in [0.2, 0.25) is 5.91 Å². The van der Waals surface area contributed by atoms with Crippen molar-refractivity contribution in [3.05, 3.63) is 69.7 Å². The Balaban J connectivity index is 1.82. The largest absolute Gasteiger partial charge is 0.361 e. The second kappa shape index (κ2) is 9.21. The van der Waals surface area contributed by atoms with Crippen molar-refractivity contribution in [2.45, 2.75) is 56.5 Å². The molecule has 1 saturated carbocycles. The van der Waals surface area contributed by atoms with Crippen LogP contribution in [0.25, 0.3) is 0 Å². The molecule has 0 spiro atoms. The summed E-state index contributed by atoms with van der Waals surface area (Å²) >= 11 is 12.4. The lowest BCUT2D eigenvalue weighted by molar-refractivity contribution is -0.163. The molecule has 2 aromatic rings. The van der Waals surface area contributed by atoms with Crippen LogP contribution in [0, 0.1) is 5.92 Å². The number of ether oxygens (including phenoxy) is 1. The number of carbonyl (C=O) groups excluding carboxylic acids is 1. The van der Waals surface area contributed by atoms with Gasteiger partial charge in [0.1, 0.15) is 12.7 Å². The molecular weight excluding hydrogens is 481 g/mol. The van der Waals surface area contributed by atoms with Crippen molar-refractivity contribution in [2.75, 3.05) is 12.4 Å². The molecule has 2 aliphatic rings. The molecular formula is C25H29Cl2NO4S. The number of nitrogens with zero attached hydrogens (tertiary/aromatic N) is 1. The van der Waals surface area contributed by atoms with Gasteiger partial charge in [-0.25, -0.2) is 8.42 Å². The van der Waals surface area contributed by atoms with Gasteiger partial charge in [-0.1, -0.05) is 47.5 Å². The fourth-order valence-electron chi connectivity index (χ4n) is 4.38. The SMILES string of the molecule is CC(C)(C)S(=O)(=O)CC(C1CC1)N1C(=O)COC(c2cccc(Cl)c2)C1c1ccc(Cl)cc1. The van der Waals surface area contributed by atoms with E-state index >= 15 is 0 Å². The van der Waals surface area contributed by atoms with Crippen LogP contribution in [0.5, 0.6) is 0 Å². The van der Waals surface area contributed by atoms with E-state index in [0.29, 0.717) is 10.0 Å². The number of morpholine rings is 1. The topological polar surface area (TPSA) is 63.7 Å². The lowest BCUT2D eigenvalue weighted by atomic mass is 9.91. The maximum absolute atomic E-state index is 13.4. The third-order valence-corrected chi connectivity index (χ3v) is 9.63. The maximum atomic E-state index is 13.4. The number of halogens is 2. The Morgan fingerprint density at radius 3 is 2.27 bits per heavy atom. The highest BCUT2D eigenvalue weighted by molar-refractivity contribution is 7.92. The minimum Gasteiger partial charge on any atom is -0.361 e. The number of carbonyl (C=O) groups is 1. The zero-order valence-electron chi connectivity index (χ0n) is 19.0. The maximum Gasteiger partial charge on any atom is 0.249 e. The summed E-state index contributed by atoms with van der Waals surface area (Å²) in [5.41, 5.74) is 1.68. The first-order valence-corrected chi connectivity index (χ1v) is 13.5. The predicted molar refractivity (Wildman–Crippen MR) is 131 cm³/mol. The van der Waals surface area contributed by atoms with Crippen LogP contribution in [-0.2, 0) is 19.4 Å². The lowest BCUT2D eigenvalue weighted by Gasteiger charge is -2.46. The highest BCUT2D eigenvalue weighted by atomic mass is 35.5. The molecule has 0 aromatic heterocycles. The second-order valence-corrected chi connectivity index (χ2v) is 13.5. The second-order valence-electron chi connectivity index (χ2n) is 9.88. The number of hydrogen-bond donors (Lipinski definition) is 0. The lowest BCUT2D eigenvalue weighted by Crippen LogP contribution is -2.54. The summed E-state index contributed by atoms with van der Waals surface area (Å²) in [7, 11) is -3.45. The van der Waals surface area contributed by atoms with Gasteiger partial charge in [0.15, 0.2) is 9.84 Å². The molecule has 8 heteroatoms. The van der Waals surface area contributed by atoms with Crippen LogP contribution < -0.4 is 0 Å². The molecule has 2 fully saturated rings. The van der Waals surface area contributed by atoms with Gasteiger partial charge in [0.05, 0.1) is 16.5 Å². The average Bonchev–Trinajstić information content (AvgIpc) is 3.57. The average molecular weight is 510 g/mol. The molecule has 3 atom stereocenters. The van der Waals surface area contributed by atoms with E-state index in [1.54, 1.807) is 43.9 Å². The molecule has 2 aromatic carbocycles. The third-order valence-electron chi connectivity index (χ3n) is 6.50. The zero-order chi connectivity index (χ0) is 24.0. The third kappa shape index (κ3) is 5.24. The zero-order valence-corrected chi connectivity index (χ0v) is 21.3. The quantitative estimate of drug-likeness (QED) is 0.506. The summed E-state index contributed by atoms with van der Waals surface area (Å²) in [5.74, 6) is -0.118. The van der Waals surface area contributed by atoms with E-state index in [2.05, 4.69) is 0 Å². The standard InChI is InChI=1S/C25H29Cl2NO4S/c1-25(2,3)33(30,31)15-21(16-7-8-16)28-22(29)14-32-24(18-5-4-6-20(27)13-18)23(28)17-9-11-19(26)12-10-17/h4-6,9-13,16,21,23-24H,7-8,14-15H2,1-3H3. The van der Waals surface area contributed by atoms with Crippen molar-refractivity contribution in [2.24, 2.45) is 5.92 Å². The van der Waals surface area contributed by atoms with E-state index in [0.717, 1.165) is 24.0 Å². The number of amides is 1. The van der Waals surface area contributed by atoms with Crippen LogP contribution in [0.15, 0.2) is 48.5 Å². The van der Waals surface area contributed by atoms with Crippen LogP contribution in [0.2, 0.25) is 10.0 Å². The molecule has 1 aliphatic heterocycles. The molecule has 1 amide bonds. The first-order valence-electron chi connectivity index (χ1n) is 11.1. The summed E-state index contributed by atoms with van der Waals surface area (Å²) in [6.45, 7) is 5.01. The minimum absolute atomic E-state index is 0.0702. The van der Waals surface area contributed by atoms with Crippen molar-refractivity contribution < 1.29 is 17.9 Å². The smallest absolute Gasteiger partial charge is 0.249 e. The molecule has 1 heterocycles. The van der Waals surface area contributed by atoms with Gasteiger partial charge in [0.25, 0.3) is 0 Å². The molecule has 1 saturated heterocycles. The number of benzene rings is 2. The van der Waals surface area contributed by atoms with Crippen molar-refractivity contribution >= 4 is 38.9 Å². The van der Waals surface area contributed by atoms with Gasteiger partial charge >= 0.3 is 0 Å². The molecule has 1 aliphatic carbocycles. The first-order chi connectivity index (χ1) is 15.5. The Kier molecular flexibility index (Phi) is 6.85. The minimum atomic E-state index is -3.45. The molecule has 0 bridgehead atoms. The molecule has 0 N–H and O–H groups in total. The highest BCUT2D eigenvalue weighted by Crippen LogP contribution is 2.47. The molecule has 178 valence electrons. The Hall–Kier alpha value is -1.60. The monoisotopic (exact) mass is 509 g/mol. The van der Waals surface area contributed by atoms with Gasteiger partial charge in [-0.05, 0) is 74.9 Å². The molecule has 0 radical (unpaired) electrons. The van der Waals surface area contributed by atoms with Gasteiger partial charge in [-0.2, -0.15) is 0 Å². The van der Waals surface area contributed by atoms with E-state index in [4.69, 9.17) is 27.9 Å². The van der Waals surface area contributed by atoms with Gasteiger partial charge < -0.3 is 9.64 Å². The molecule has 5 nitrogen and oxygen atoms in total. The van der Waals surface area contributed by atoms with E-state index in [1.807, 2.05) is 30.3 Å². The Morgan fingerprint density at radius 2 is 1.70 bits per heavy atom. The van der Waals surface area contributed by atoms with E-state index < -0.39 is 32.8 Å². The van der Waals surface area contributed by atoms with Gasteiger partial charge in [-0.15, -0.1) is 0 Å². The van der Waals surface area contributed by atoms with Crippen LogP contribution in [0.4, 0.5) is 0 Å². The van der Waals surface area contributed by atoms with Crippen molar-refractivity contribution in [3.8, 4) is 0 Å². The van der Waals surface area contributed by atoms with Crippen molar-refractivity contribution in [3.63, 3.8) is 0 Å². The molecule has 33 heavy (non-hydrogen) atoms. The fourth-order valence-corrected chi connectivity index (χ4v) is 6.08. The van der Waals surface area contributed by atoms with E-state index in [1.165, 1.54) is 0 Å². The van der Waals surface area contributed by atoms with Crippen LogP contribution in [0.1, 0.15) is 56.9 Å². The van der Waals surface area contributed by atoms with Gasteiger partial charge in [-0.3, -0.25) is 4.79 Å². The number of rotatable bonds is 6. The number of sulfone groups is 1. The van der Waals surface area contributed by atoms with Crippen molar-refractivity contribution in [1.29, 1.82) is 0 Å². The van der Waals surface area contributed by atoms with Crippen molar-refractivity contribution in [1.82, 2.24) is 4.90 Å². The van der Waals surface area contributed by atoms with Crippen LogP contribution in [-0.4, -0.2) is 42.4 Å². The Labute approximate surface area is 205 Å². The normalized spacial score (nSPS) is 22.9. The number of hydrogen-bond acceptors (Lipinski definition) is 4. The Bertz CT molecular complexity index is 1120. The molecule has 3 unspecified atom stereocenters. The summed E-state index contributed by atoms with van der Waals surface area (Å²) < 4.78 is 31.6. The van der Waals surface area contributed by atoms with E-state index in [9.17, 15) is 13.2 Å². The summed E-state index contributed by atoms with van der Waals surface area (Å²) in [6, 6.07) is 13.8. The summed E-state index contributed by atoms with van der Waals surface area (Å²) in [4.78, 5) is 15.1. The summed E-state index contributed by atoms with van der Waals surface area (Å²) in [5, 5.41) is 1.16. The molecule has 4 rings (SSSR count). The van der Waals surface area contributed by atoms with Crippen LogP contribution >= 0.6 is 23.2 Å². The van der Waals surface area contributed by atoms with Crippen LogP contribution in [0.3, 0.4) is 0 Å².